The van der Waals surface area contributed by atoms with Crippen molar-refractivity contribution >= 4 is 34.0 Å². The number of hydrogen-bond donors (Lipinski definition) is 1. The molecule has 0 radical (unpaired) electrons. The van der Waals surface area contributed by atoms with Crippen LogP contribution in [0, 0.1) is 0 Å². The molecule has 0 unspecified atom stereocenters. The van der Waals surface area contributed by atoms with Crippen molar-refractivity contribution in [3.63, 3.8) is 0 Å². The van der Waals surface area contributed by atoms with Gasteiger partial charge in [-0.15, -0.1) is 11.3 Å². The van der Waals surface area contributed by atoms with Gasteiger partial charge in [0.1, 0.15) is 5.75 Å². The van der Waals surface area contributed by atoms with Gasteiger partial charge in [-0.25, -0.2) is 4.98 Å². The summed E-state index contributed by atoms with van der Waals surface area (Å²) in [7, 11) is 1.70. The number of fused-ring (bicyclic) bond motifs is 1. The van der Waals surface area contributed by atoms with Crippen LogP contribution >= 0.6 is 22.9 Å². The molecule has 5 nitrogen and oxygen atoms in total. The van der Waals surface area contributed by atoms with E-state index in [1.807, 2.05) is 11.4 Å². The van der Waals surface area contributed by atoms with Crippen LogP contribution in [0.4, 0.5) is 5.13 Å². The molecule has 1 amide bonds. The third-order valence-electron chi connectivity index (χ3n) is 4.78. The zero-order chi connectivity index (χ0) is 19.5. The molecule has 144 valence electrons. The number of aromatic nitrogens is 1. The fourth-order valence-corrected chi connectivity index (χ4v) is 4.24. The quantitative estimate of drug-likeness (QED) is 0.663. The van der Waals surface area contributed by atoms with Crippen LogP contribution in [0.2, 0.25) is 5.02 Å². The molecule has 0 fully saturated rings. The molecule has 0 spiro atoms. The van der Waals surface area contributed by atoms with E-state index in [2.05, 4.69) is 27.3 Å². The lowest BCUT2D eigenvalue weighted by atomic mass is 9.99. The van der Waals surface area contributed by atoms with Gasteiger partial charge in [-0.1, -0.05) is 29.8 Å². The molecule has 1 aromatic heterocycles. The summed E-state index contributed by atoms with van der Waals surface area (Å²) < 4.78 is 5.31. The van der Waals surface area contributed by atoms with Crippen LogP contribution in [0.25, 0.3) is 0 Å². The normalized spacial score (nSPS) is 13.8. The van der Waals surface area contributed by atoms with Gasteiger partial charge in [0.05, 0.1) is 23.4 Å². The van der Waals surface area contributed by atoms with E-state index in [0.29, 0.717) is 15.7 Å². The first-order chi connectivity index (χ1) is 13.6. The number of amides is 1. The third-order valence-corrected chi connectivity index (χ3v) is 5.92. The lowest BCUT2D eigenvalue weighted by molar-refractivity contribution is 0.102. The second-order valence-corrected chi connectivity index (χ2v) is 7.94. The second kappa shape index (κ2) is 8.31. The highest BCUT2D eigenvalue weighted by Crippen LogP contribution is 2.26. The Morgan fingerprint density at radius 2 is 2.14 bits per heavy atom. The van der Waals surface area contributed by atoms with E-state index in [1.165, 1.54) is 22.5 Å². The maximum atomic E-state index is 12.4. The first-order valence-electron chi connectivity index (χ1n) is 9.01. The number of anilines is 1. The number of nitrogens with one attached hydrogen (secondary N) is 1. The van der Waals surface area contributed by atoms with Crippen molar-refractivity contribution in [2.24, 2.45) is 0 Å². The van der Waals surface area contributed by atoms with Gasteiger partial charge in [0.25, 0.3) is 5.91 Å². The van der Waals surface area contributed by atoms with Crippen LogP contribution in [0.1, 0.15) is 27.2 Å². The number of nitrogens with zero attached hydrogens (tertiary/aromatic N) is 2. The van der Waals surface area contributed by atoms with Gasteiger partial charge in [-0.3, -0.25) is 15.0 Å². The van der Waals surface area contributed by atoms with Crippen molar-refractivity contribution in [1.82, 2.24) is 9.88 Å². The summed E-state index contributed by atoms with van der Waals surface area (Å²) in [5.74, 6) is 0.665. The SMILES string of the molecule is COc1ccc2c(c1)CCN(Cc1csc(NC(=O)c3ccccc3Cl)n1)C2. The minimum atomic E-state index is -0.243. The van der Waals surface area contributed by atoms with Crippen LogP contribution in [-0.2, 0) is 19.5 Å². The summed E-state index contributed by atoms with van der Waals surface area (Å²) in [6.07, 6.45) is 0.993. The van der Waals surface area contributed by atoms with Crippen molar-refractivity contribution in [2.75, 3.05) is 19.0 Å². The van der Waals surface area contributed by atoms with Crippen molar-refractivity contribution in [3.05, 3.63) is 75.3 Å². The number of benzene rings is 2. The number of hydrogen-bond acceptors (Lipinski definition) is 5. The molecule has 0 saturated heterocycles. The van der Waals surface area contributed by atoms with Gasteiger partial charge >= 0.3 is 0 Å². The summed E-state index contributed by atoms with van der Waals surface area (Å²) in [6.45, 7) is 2.61. The van der Waals surface area contributed by atoms with Gasteiger partial charge in [0.15, 0.2) is 5.13 Å². The average molecular weight is 414 g/mol. The number of rotatable bonds is 5. The lowest BCUT2D eigenvalue weighted by Crippen LogP contribution is -2.30. The molecule has 0 bridgehead atoms. The summed E-state index contributed by atoms with van der Waals surface area (Å²) in [5, 5.41) is 5.84. The van der Waals surface area contributed by atoms with E-state index in [-0.39, 0.29) is 5.91 Å². The molecule has 0 aliphatic carbocycles. The van der Waals surface area contributed by atoms with E-state index in [9.17, 15) is 4.79 Å². The molecule has 1 aliphatic rings. The predicted octanol–water partition coefficient (Wildman–Crippen LogP) is 4.62. The second-order valence-electron chi connectivity index (χ2n) is 6.67. The Kier molecular flexibility index (Phi) is 5.62. The first kappa shape index (κ1) is 18.9. The van der Waals surface area contributed by atoms with Gasteiger partial charge in [-0.05, 0) is 41.8 Å². The molecule has 3 aromatic rings. The number of carbonyl (C=O) groups excluding carboxylic acids is 1. The Bertz CT molecular complexity index is 1000. The molecular formula is C21H20ClN3O2S. The smallest absolute Gasteiger partial charge is 0.258 e. The Balaban J connectivity index is 1.38. The van der Waals surface area contributed by atoms with Gasteiger partial charge in [0, 0.05) is 25.0 Å². The molecule has 0 saturated carbocycles. The van der Waals surface area contributed by atoms with Crippen LogP contribution in [0.5, 0.6) is 5.75 Å². The van der Waals surface area contributed by atoms with Crippen molar-refractivity contribution < 1.29 is 9.53 Å². The van der Waals surface area contributed by atoms with E-state index < -0.39 is 0 Å². The van der Waals surface area contributed by atoms with Gasteiger partial charge in [-0.2, -0.15) is 0 Å². The lowest BCUT2D eigenvalue weighted by Gasteiger charge is -2.28. The Morgan fingerprint density at radius 1 is 1.29 bits per heavy atom. The van der Waals surface area contributed by atoms with E-state index >= 15 is 0 Å². The molecule has 2 heterocycles. The molecule has 1 N–H and O–H groups in total. The number of carbonyl (C=O) groups is 1. The molecular weight excluding hydrogens is 394 g/mol. The van der Waals surface area contributed by atoms with Gasteiger partial charge < -0.3 is 4.74 Å². The number of methoxy groups -OCH3 is 1. The minimum Gasteiger partial charge on any atom is -0.497 e. The fraction of sp³-hybridized carbons (Fsp3) is 0.238. The van der Waals surface area contributed by atoms with Crippen molar-refractivity contribution in [1.29, 1.82) is 0 Å². The van der Waals surface area contributed by atoms with E-state index in [0.717, 1.165) is 37.5 Å². The highest BCUT2D eigenvalue weighted by atomic mass is 35.5. The standard InChI is InChI=1S/C21H20ClN3O2S/c1-27-17-7-6-15-11-25(9-8-14(15)10-17)12-16-13-28-21(23-16)24-20(26)18-4-2-3-5-19(18)22/h2-7,10,13H,8-9,11-12H2,1H3,(H,23,24,26). The van der Waals surface area contributed by atoms with Crippen molar-refractivity contribution in [3.8, 4) is 5.75 Å². The summed E-state index contributed by atoms with van der Waals surface area (Å²) in [6, 6.07) is 13.3. The summed E-state index contributed by atoms with van der Waals surface area (Å²) in [5.41, 5.74) is 4.08. The Labute approximate surface area is 172 Å². The van der Waals surface area contributed by atoms with Gasteiger partial charge in [0.2, 0.25) is 0 Å². The zero-order valence-electron chi connectivity index (χ0n) is 15.4. The van der Waals surface area contributed by atoms with Crippen LogP contribution in [-0.4, -0.2) is 29.4 Å². The minimum absolute atomic E-state index is 0.243. The number of halogens is 1. The van der Waals surface area contributed by atoms with Crippen molar-refractivity contribution in [2.45, 2.75) is 19.5 Å². The summed E-state index contributed by atoms with van der Waals surface area (Å²) >= 11 is 7.52. The molecule has 0 atom stereocenters. The van der Waals surface area contributed by atoms with Crippen LogP contribution < -0.4 is 10.1 Å². The Morgan fingerprint density at radius 3 is 2.96 bits per heavy atom. The largest absolute Gasteiger partial charge is 0.497 e. The highest BCUT2D eigenvalue weighted by Gasteiger charge is 2.18. The van der Waals surface area contributed by atoms with Crippen LogP contribution in [0.15, 0.2) is 47.8 Å². The maximum absolute atomic E-state index is 12.4. The van der Waals surface area contributed by atoms with Crippen LogP contribution in [0.3, 0.4) is 0 Å². The first-order valence-corrected chi connectivity index (χ1v) is 10.3. The highest BCUT2D eigenvalue weighted by molar-refractivity contribution is 7.14. The molecule has 28 heavy (non-hydrogen) atoms. The van der Waals surface area contributed by atoms with E-state index in [4.69, 9.17) is 16.3 Å². The zero-order valence-corrected chi connectivity index (χ0v) is 17.0. The predicted molar refractivity (Wildman–Crippen MR) is 112 cm³/mol. The maximum Gasteiger partial charge on any atom is 0.258 e. The molecule has 1 aliphatic heterocycles. The third kappa shape index (κ3) is 4.19. The summed E-state index contributed by atoms with van der Waals surface area (Å²) in [4.78, 5) is 19.3. The average Bonchev–Trinajstić information content (AvgIpc) is 3.14. The Hall–Kier alpha value is -2.41. The number of thiazole rings is 1. The fourth-order valence-electron chi connectivity index (χ4n) is 3.33. The monoisotopic (exact) mass is 413 g/mol. The number of ether oxygens (including phenoxy) is 1. The molecule has 7 heteroatoms. The topological polar surface area (TPSA) is 54.5 Å². The van der Waals surface area contributed by atoms with E-state index in [1.54, 1.807) is 31.4 Å². The molecule has 2 aromatic carbocycles. The molecule has 4 rings (SSSR count).